The number of nitrogens with one attached hydrogen (secondary N) is 1. The molecule has 0 bridgehead atoms. The molecule has 0 spiro atoms. The van der Waals surface area contributed by atoms with E-state index in [0.29, 0.717) is 5.92 Å². The maximum Gasteiger partial charge on any atom is 0.0464 e. The molecule has 0 aromatic heterocycles. The highest BCUT2D eigenvalue weighted by Gasteiger charge is 2.20. The predicted octanol–water partition coefficient (Wildman–Crippen LogP) is 3.32. The van der Waals surface area contributed by atoms with E-state index in [-0.39, 0.29) is 5.54 Å². The molecule has 0 heterocycles. The van der Waals surface area contributed by atoms with Gasteiger partial charge in [0.1, 0.15) is 0 Å². The van der Waals surface area contributed by atoms with Crippen LogP contribution in [0.25, 0.3) is 0 Å². The molecule has 1 N–H and O–H groups in total. The van der Waals surface area contributed by atoms with E-state index < -0.39 is 0 Å². The third kappa shape index (κ3) is 7.24. The lowest BCUT2D eigenvalue weighted by Gasteiger charge is -2.29. The van der Waals surface area contributed by atoms with E-state index in [4.69, 9.17) is 4.74 Å². The third-order valence-corrected chi connectivity index (χ3v) is 3.53. The second-order valence-electron chi connectivity index (χ2n) is 6.23. The Morgan fingerprint density at radius 3 is 2.06 bits per heavy atom. The maximum atomic E-state index is 5.14. The molecular formula is C14H31NO. The zero-order chi connectivity index (χ0) is 12.8. The SMILES string of the molecule is COCCC(C)C(C)C(C)CNC(C)(C)C. The largest absolute Gasteiger partial charge is 0.385 e. The van der Waals surface area contributed by atoms with E-state index in [1.807, 2.05) is 0 Å². The van der Waals surface area contributed by atoms with E-state index in [0.717, 1.165) is 31.4 Å². The lowest BCUT2D eigenvalue weighted by molar-refractivity contribution is 0.153. The van der Waals surface area contributed by atoms with Gasteiger partial charge in [0.05, 0.1) is 0 Å². The summed E-state index contributed by atoms with van der Waals surface area (Å²) < 4.78 is 5.14. The van der Waals surface area contributed by atoms with E-state index in [9.17, 15) is 0 Å². The Balaban J connectivity index is 3.92. The van der Waals surface area contributed by atoms with E-state index >= 15 is 0 Å². The number of hydrogen-bond donors (Lipinski definition) is 1. The molecule has 16 heavy (non-hydrogen) atoms. The van der Waals surface area contributed by atoms with Gasteiger partial charge in [0.15, 0.2) is 0 Å². The van der Waals surface area contributed by atoms with E-state index in [2.05, 4.69) is 46.9 Å². The number of methoxy groups -OCH3 is 1. The van der Waals surface area contributed by atoms with Crippen LogP contribution in [0.2, 0.25) is 0 Å². The highest BCUT2D eigenvalue weighted by Crippen LogP contribution is 2.23. The first-order chi connectivity index (χ1) is 7.28. The van der Waals surface area contributed by atoms with Gasteiger partial charge in [-0.3, -0.25) is 0 Å². The van der Waals surface area contributed by atoms with Crippen molar-refractivity contribution in [2.45, 2.75) is 53.5 Å². The Morgan fingerprint density at radius 1 is 1.06 bits per heavy atom. The fourth-order valence-corrected chi connectivity index (χ4v) is 1.78. The van der Waals surface area contributed by atoms with Crippen molar-refractivity contribution in [2.24, 2.45) is 17.8 Å². The highest BCUT2D eigenvalue weighted by atomic mass is 16.5. The minimum Gasteiger partial charge on any atom is -0.385 e. The van der Waals surface area contributed by atoms with Gasteiger partial charge in [0.25, 0.3) is 0 Å². The van der Waals surface area contributed by atoms with Crippen LogP contribution < -0.4 is 5.32 Å². The summed E-state index contributed by atoms with van der Waals surface area (Å²) in [4.78, 5) is 0. The van der Waals surface area contributed by atoms with Crippen molar-refractivity contribution in [1.29, 1.82) is 0 Å². The van der Waals surface area contributed by atoms with Crippen molar-refractivity contribution in [3.05, 3.63) is 0 Å². The Hall–Kier alpha value is -0.0800. The normalized spacial score (nSPS) is 18.2. The number of rotatable bonds is 7. The zero-order valence-electron chi connectivity index (χ0n) is 12.3. The van der Waals surface area contributed by atoms with Crippen LogP contribution in [0.1, 0.15) is 48.0 Å². The summed E-state index contributed by atoms with van der Waals surface area (Å²) in [6, 6.07) is 0. The lowest BCUT2D eigenvalue weighted by Crippen LogP contribution is -2.40. The molecule has 0 saturated carbocycles. The van der Waals surface area contributed by atoms with E-state index in [1.54, 1.807) is 7.11 Å². The fourth-order valence-electron chi connectivity index (χ4n) is 1.78. The first kappa shape index (κ1) is 15.9. The molecule has 0 aliphatic rings. The topological polar surface area (TPSA) is 21.3 Å². The summed E-state index contributed by atoms with van der Waals surface area (Å²) in [6.07, 6.45) is 1.16. The fraction of sp³-hybridized carbons (Fsp3) is 1.00. The first-order valence-corrected chi connectivity index (χ1v) is 6.52. The Bertz CT molecular complexity index is 174. The van der Waals surface area contributed by atoms with Crippen LogP contribution in [-0.2, 0) is 4.74 Å². The van der Waals surface area contributed by atoms with Crippen molar-refractivity contribution in [3.63, 3.8) is 0 Å². The molecule has 0 rings (SSSR count). The van der Waals surface area contributed by atoms with Crippen molar-refractivity contribution in [3.8, 4) is 0 Å². The van der Waals surface area contributed by atoms with Crippen LogP contribution in [0.5, 0.6) is 0 Å². The summed E-state index contributed by atoms with van der Waals surface area (Å²) >= 11 is 0. The average Bonchev–Trinajstić information content (AvgIpc) is 2.20. The van der Waals surface area contributed by atoms with E-state index in [1.165, 1.54) is 0 Å². The Labute approximate surface area is 102 Å². The van der Waals surface area contributed by atoms with Crippen LogP contribution in [0.15, 0.2) is 0 Å². The van der Waals surface area contributed by atoms with Crippen molar-refractivity contribution in [2.75, 3.05) is 20.3 Å². The molecule has 0 aromatic carbocycles. The van der Waals surface area contributed by atoms with Crippen LogP contribution in [0.4, 0.5) is 0 Å². The van der Waals surface area contributed by atoms with Gasteiger partial charge < -0.3 is 10.1 Å². The monoisotopic (exact) mass is 229 g/mol. The molecule has 0 saturated heterocycles. The van der Waals surface area contributed by atoms with Crippen LogP contribution in [-0.4, -0.2) is 25.8 Å². The Morgan fingerprint density at radius 2 is 1.62 bits per heavy atom. The molecule has 0 aliphatic carbocycles. The van der Waals surface area contributed by atoms with Crippen molar-refractivity contribution >= 4 is 0 Å². The lowest BCUT2D eigenvalue weighted by atomic mass is 9.83. The van der Waals surface area contributed by atoms with Gasteiger partial charge in [-0.25, -0.2) is 0 Å². The van der Waals surface area contributed by atoms with Gasteiger partial charge in [-0.05, 0) is 51.5 Å². The summed E-state index contributed by atoms with van der Waals surface area (Å²) in [7, 11) is 1.78. The quantitative estimate of drug-likeness (QED) is 0.723. The standard InChI is InChI=1S/C14H31NO/c1-11(8-9-16-7)13(3)12(2)10-15-14(4,5)6/h11-13,15H,8-10H2,1-7H3. The van der Waals surface area contributed by atoms with Gasteiger partial charge in [0.2, 0.25) is 0 Å². The van der Waals surface area contributed by atoms with Gasteiger partial charge >= 0.3 is 0 Å². The summed E-state index contributed by atoms with van der Waals surface area (Å²) in [5, 5.41) is 3.58. The van der Waals surface area contributed by atoms with Crippen LogP contribution in [0.3, 0.4) is 0 Å². The number of ether oxygens (including phenoxy) is 1. The second kappa shape index (κ2) is 7.29. The molecule has 0 radical (unpaired) electrons. The van der Waals surface area contributed by atoms with Gasteiger partial charge in [-0.2, -0.15) is 0 Å². The van der Waals surface area contributed by atoms with Gasteiger partial charge in [-0.1, -0.05) is 20.8 Å². The zero-order valence-corrected chi connectivity index (χ0v) is 12.3. The first-order valence-electron chi connectivity index (χ1n) is 6.52. The molecule has 98 valence electrons. The minimum absolute atomic E-state index is 0.226. The summed E-state index contributed by atoms with van der Waals surface area (Å²) in [6.45, 7) is 15.7. The second-order valence-corrected chi connectivity index (χ2v) is 6.23. The molecule has 0 fully saturated rings. The highest BCUT2D eigenvalue weighted by molar-refractivity contribution is 4.75. The molecule has 2 heteroatoms. The van der Waals surface area contributed by atoms with Crippen molar-refractivity contribution < 1.29 is 4.74 Å². The maximum absolute atomic E-state index is 5.14. The molecule has 0 aliphatic heterocycles. The molecule has 3 unspecified atom stereocenters. The van der Waals surface area contributed by atoms with Gasteiger partial charge in [0, 0.05) is 19.3 Å². The molecule has 2 nitrogen and oxygen atoms in total. The molecule has 0 aromatic rings. The minimum atomic E-state index is 0.226. The molecule has 3 atom stereocenters. The van der Waals surface area contributed by atoms with Crippen LogP contribution in [0, 0.1) is 17.8 Å². The summed E-state index contributed by atoms with van der Waals surface area (Å²) in [5.74, 6) is 2.19. The van der Waals surface area contributed by atoms with Gasteiger partial charge in [-0.15, -0.1) is 0 Å². The van der Waals surface area contributed by atoms with Crippen molar-refractivity contribution in [1.82, 2.24) is 5.32 Å². The predicted molar refractivity (Wildman–Crippen MR) is 71.7 cm³/mol. The smallest absolute Gasteiger partial charge is 0.0464 e. The van der Waals surface area contributed by atoms with Crippen LogP contribution >= 0.6 is 0 Å². The third-order valence-electron chi connectivity index (χ3n) is 3.53. The Kier molecular flexibility index (Phi) is 7.25. The molecule has 0 amide bonds. The average molecular weight is 229 g/mol. The summed E-state index contributed by atoms with van der Waals surface area (Å²) in [5.41, 5.74) is 0.226. The number of hydrogen-bond acceptors (Lipinski definition) is 2. The molecular weight excluding hydrogens is 198 g/mol.